The fraction of sp³-hybridized carbons (Fsp3) is 0.594. The smallest absolute Gasteiger partial charge is 0.247 e. The zero-order valence-corrected chi connectivity index (χ0v) is 25.4. The number of fused-ring (bicyclic) bond motifs is 1. The predicted octanol–water partition coefficient (Wildman–Crippen LogP) is 4.12. The monoisotopic (exact) mass is 567 g/mol. The Bertz CT molecular complexity index is 1140. The second-order valence-electron chi connectivity index (χ2n) is 12.3. The van der Waals surface area contributed by atoms with E-state index in [1.807, 2.05) is 58.0 Å². The lowest BCUT2D eigenvalue weighted by Crippen LogP contribution is -2.59. The highest BCUT2D eigenvalue weighted by atomic mass is 32.2. The first-order chi connectivity index (χ1) is 19.0. The first kappa shape index (κ1) is 30.4. The molecule has 8 heteroatoms. The van der Waals surface area contributed by atoms with Gasteiger partial charge in [-0.25, -0.2) is 0 Å². The SMILES string of the molecule is C=CCN(Cc1ccccc1)C(=O)[C@@H]1[C@H]2C(=O)N([C@@H](CO)C(C)C)C(C(=O)N(CC=C)C(C)C)C23CC[C@@]1(C)S3. The van der Waals surface area contributed by atoms with Crippen molar-refractivity contribution < 1.29 is 19.5 Å². The molecule has 3 aliphatic heterocycles. The molecule has 6 atom stereocenters. The number of carbonyl (C=O) groups is 3. The van der Waals surface area contributed by atoms with Crippen LogP contribution in [0.4, 0.5) is 0 Å². The molecule has 1 spiro atoms. The van der Waals surface area contributed by atoms with E-state index in [2.05, 4.69) is 20.1 Å². The van der Waals surface area contributed by atoms with Crippen LogP contribution in [0.3, 0.4) is 0 Å². The summed E-state index contributed by atoms with van der Waals surface area (Å²) in [6.07, 6.45) is 4.86. The van der Waals surface area contributed by atoms with Crippen molar-refractivity contribution in [2.45, 2.75) is 81.6 Å². The first-order valence-corrected chi connectivity index (χ1v) is 15.3. The van der Waals surface area contributed by atoms with Gasteiger partial charge >= 0.3 is 0 Å². The minimum Gasteiger partial charge on any atom is -0.394 e. The minimum absolute atomic E-state index is 0.0614. The van der Waals surface area contributed by atoms with Crippen LogP contribution >= 0.6 is 11.8 Å². The number of hydrogen-bond acceptors (Lipinski definition) is 5. The molecule has 218 valence electrons. The number of hydrogen-bond donors (Lipinski definition) is 1. The van der Waals surface area contributed by atoms with Gasteiger partial charge in [-0.1, -0.05) is 56.3 Å². The summed E-state index contributed by atoms with van der Waals surface area (Å²) in [6.45, 7) is 18.6. The van der Waals surface area contributed by atoms with E-state index in [1.54, 1.807) is 38.6 Å². The third-order valence-corrected chi connectivity index (χ3v) is 11.1. The van der Waals surface area contributed by atoms with Crippen LogP contribution in [0.25, 0.3) is 0 Å². The maximum atomic E-state index is 14.6. The molecular weight excluding hydrogens is 522 g/mol. The molecule has 40 heavy (non-hydrogen) atoms. The highest BCUT2D eigenvalue weighted by Gasteiger charge is 2.78. The van der Waals surface area contributed by atoms with E-state index in [0.717, 1.165) is 12.0 Å². The summed E-state index contributed by atoms with van der Waals surface area (Å²) >= 11 is 1.67. The number of aliphatic hydroxyl groups excluding tert-OH is 1. The first-order valence-electron chi connectivity index (χ1n) is 14.5. The highest BCUT2D eigenvalue weighted by Crippen LogP contribution is 2.72. The Morgan fingerprint density at radius 1 is 1.10 bits per heavy atom. The number of benzene rings is 1. The van der Waals surface area contributed by atoms with Gasteiger partial charge in [0.1, 0.15) is 6.04 Å². The summed E-state index contributed by atoms with van der Waals surface area (Å²) < 4.78 is -1.20. The summed E-state index contributed by atoms with van der Waals surface area (Å²) in [6, 6.07) is 8.48. The predicted molar refractivity (Wildman–Crippen MR) is 160 cm³/mol. The van der Waals surface area contributed by atoms with Crippen LogP contribution in [0.2, 0.25) is 0 Å². The summed E-state index contributed by atoms with van der Waals surface area (Å²) in [5.74, 6) is -1.63. The van der Waals surface area contributed by atoms with Gasteiger partial charge in [-0.15, -0.1) is 24.9 Å². The van der Waals surface area contributed by atoms with Crippen LogP contribution < -0.4 is 0 Å². The molecule has 3 heterocycles. The molecule has 0 radical (unpaired) electrons. The Balaban J connectivity index is 1.81. The van der Waals surface area contributed by atoms with Crippen molar-refractivity contribution in [2.24, 2.45) is 17.8 Å². The molecular formula is C32H45N3O4S. The number of rotatable bonds is 12. The average molecular weight is 568 g/mol. The van der Waals surface area contributed by atoms with E-state index in [4.69, 9.17) is 0 Å². The van der Waals surface area contributed by atoms with Gasteiger partial charge in [0.2, 0.25) is 17.7 Å². The Morgan fingerprint density at radius 2 is 1.75 bits per heavy atom. The van der Waals surface area contributed by atoms with Gasteiger partial charge in [0, 0.05) is 30.4 Å². The fourth-order valence-electron chi connectivity index (χ4n) is 7.24. The molecule has 1 aromatic carbocycles. The summed E-state index contributed by atoms with van der Waals surface area (Å²) in [4.78, 5) is 48.7. The van der Waals surface area contributed by atoms with Crippen LogP contribution in [-0.2, 0) is 20.9 Å². The van der Waals surface area contributed by atoms with Crippen molar-refractivity contribution in [3.8, 4) is 0 Å². The van der Waals surface area contributed by atoms with Crippen molar-refractivity contribution in [2.75, 3.05) is 19.7 Å². The third kappa shape index (κ3) is 4.91. The largest absolute Gasteiger partial charge is 0.394 e. The number of carbonyl (C=O) groups excluding carboxylic acids is 3. The number of likely N-dealkylation sites (tertiary alicyclic amines) is 1. The van der Waals surface area contributed by atoms with Crippen LogP contribution in [-0.4, -0.2) is 84.8 Å². The quantitative estimate of drug-likeness (QED) is 0.385. The molecule has 3 saturated heterocycles. The van der Waals surface area contributed by atoms with Crippen molar-refractivity contribution in [1.82, 2.24) is 14.7 Å². The molecule has 2 unspecified atom stereocenters. The van der Waals surface area contributed by atoms with E-state index >= 15 is 0 Å². The molecule has 4 rings (SSSR count). The van der Waals surface area contributed by atoms with Crippen molar-refractivity contribution >= 4 is 29.5 Å². The Morgan fingerprint density at radius 3 is 2.30 bits per heavy atom. The molecule has 0 saturated carbocycles. The number of thioether (sulfide) groups is 1. The van der Waals surface area contributed by atoms with Crippen molar-refractivity contribution in [3.63, 3.8) is 0 Å². The second-order valence-corrected chi connectivity index (χ2v) is 14.2. The Kier molecular flexibility index (Phi) is 8.91. The van der Waals surface area contributed by atoms with Gasteiger partial charge in [-0.2, -0.15) is 0 Å². The van der Waals surface area contributed by atoms with Crippen LogP contribution in [0, 0.1) is 17.8 Å². The molecule has 0 aromatic heterocycles. The molecule has 3 aliphatic rings. The number of amides is 3. The maximum absolute atomic E-state index is 14.6. The maximum Gasteiger partial charge on any atom is 0.247 e. The lowest BCUT2D eigenvalue weighted by atomic mass is 9.66. The normalized spacial score (nSPS) is 29.6. The zero-order chi connectivity index (χ0) is 29.4. The van der Waals surface area contributed by atoms with Gasteiger partial charge < -0.3 is 19.8 Å². The number of aliphatic hydroxyl groups is 1. The second kappa shape index (κ2) is 11.7. The highest BCUT2D eigenvalue weighted by molar-refractivity contribution is 8.02. The van der Waals surface area contributed by atoms with Crippen molar-refractivity contribution in [1.29, 1.82) is 0 Å². The molecule has 7 nitrogen and oxygen atoms in total. The molecule has 1 N–H and O–H groups in total. The zero-order valence-electron chi connectivity index (χ0n) is 24.6. The van der Waals surface area contributed by atoms with Crippen LogP contribution in [0.15, 0.2) is 55.6 Å². The molecule has 0 aliphatic carbocycles. The minimum atomic E-state index is -0.751. The Labute approximate surface area is 243 Å². The van der Waals surface area contributed by atoms with E-state index in [-0.39, 0.29) is 36.3 Å². The molecule has 2 bridgehead atoms. The van der Waals surface area contributed by atoms with E-state index in [9.17, 15) is 19.5 Å². The van der Waals surface area contributed by atoms with Gasteiger partial charge in [0.05, 0.1) is 29.2 Å². The number of nitrogens with zero attached hydrogens (tertiary/aromatic N) is 3. The van der Waals surface area contributed by atoms with Crippen molar-refractivity contribution in [3.05, 3.63) is 61.2 Å². The van der Waals surface area contributed by atoms with Gasteiger partial charge in [-0.3, -0.25) is 14.4 Å². The molecule has 3 fully saturated rings. The lowest BCUT2D eigenvalue weighted by Gasteiger charge is -2.41. The van der Waals surface area contributed by atoms with E-state index in [0.29, 0.717) is 26.1 Å². The average Bonchev–Trinajstić information content (AvgIpc) is 3.48. The summed E-state index contributed by atoms with van der Waals surface area (Å²) in [7, 11) is 0. The van der Waals surface area contributed by atoms with Gasteiger partial charge in [0.25, 0.3) is 0 Å². The molecule has 3 amide bonds. The third-order valence-electron chi connectivity index (χ3n) is 9.14. The standard InChI is InChI=1S/C32H45N3O4S/c1-8-17-33(19-23-13-11-10-12-14-23)28(37)25-26-29(38)35(24(20-36)21(3)4)27(30(39)34(18-9-2)22(5)6)32(26)16-15-31(25,7)40-32/h8-14,21-22,24-27,36H,1-2,15-20H2,3-7H3/t24-,25-,26-,27?,31+,32?/m0/s1. The molecule has 1 aromatic rings. The van der Waals surface area contributed by atoms with Crippen LogP contribution in [0.1, 0.15) is 53.0 Å². The topological polar surface area (TPSA) is 81.2 Å². The lowest BCUT2D eigenvalue weighted by molar-refractivity contribution is -0.149. The van der Waals surface area contributed by atoms with E-state index in [1.165, 1.54) is 0 Å². The summed E-state index contributed by atoms with van der Waals surface area (Å²) in [5, 5.41) is 10.5. The fourth-order valence-corrected chi connectivity index (χ4v) is 9.57. The Hall–Kier alpha value is -2.58. The summed E-state index contributed by atoms with van der Waals surface area (Å²) in [5.41, 5.74) is 1.01. The van der Waals surface area contributed by atoms with E-state index < -0.39 is 33.4 Å². The van der Waals surface area contributed by atoms with Gasteiger partial charge in [0.15, 0.2) is 0 Å². The van der Waals surface area contributed by atoms with Crippen LogP contribution in [0.5, 0.6) is 0 Å². The van der Waals surface area contributed by atoms with Gasteiger partial charge in [-0.05, 0) is 45.1 Å².